The quantitative estimate of drug-likeness (QED) is 0.860. The molecule has 1 aromatic carbocycles. The van der Waals surface area contributed by atoms with Crippen LogP contribution in [0.25, 0.3) is 0 Å². The highest BCUT2D eigenvalue weighted by Crippen LogP contribution is 2.34. The lowest BCUT2D eigenvalue weighted by atomic mass is 9.81. The first-order valence-electron chi connectivity index (χ1n) is 7.11. The predicted octanol–water partition coefficient (Wildman–Crippen LogP) is 3.31. The first kappa shape index (κ1) is 14.5. The van der Waals surface area contributed by atoms with Crippen molar-refractivity contribution in [2.24, 2.45) is 5.41 Å². The van der Waals surface area contributed by atoms with E-state index in [2.05, 4.69) is 11.4 Å². The number of nitrogens with zero attached hydrogens (tertiary/aromatic N) is 1. The van der Waals surface area contributed by atoms with Crippen molar-refractivity contribution < 1.29 is 9.18 Å². The van der Waals surface area contributed by atoms with Crippen LogP contribution in [0.5, 0.6) is 0 Å². The Bertz CT molecular complexity index is 513. The third kappa shape index (κ3) is 3.16. The lowest BCUT2D eigenvalue weighted by Gasteiger charge is -2.23. The summed E-state index contributed by atoms with van der Waals surface area (Å²) in [4.78, 5) is 12.3. The van der Waals surface area contributed by atoms with Crippen LogP contribution in [0.15, 0.2) is 24.3 Å². The summed E-state index contributed by atoms with van der Waals surface area (Å²) < 4.78 is 13.5. The third-order valence-electron chi connectivity index (χ3n) is 4.00. The van der Waals surface area contributed by atoms with Gasteiger partial charge >= 0.3 is 0 Å². The SMILES string of the molecule is N#CC1(C(=O)NCc2ccccc2F)CCCCCC1. The van der Waals surface area contributed by atoms with Gasteiger partial charge in [0.2, 0.25) is 5.91 Å². The highest BCUT2D eigenvalue weighted by atomic mass is 19.1. The second-order valence-electron chi connectivity index (χ2n) is 5.38. The van der Waals surface area contributed by atoms with Crippen LogP contribution in [0.1, 0.15) is 44.1 Å². The molecule has 4 heteroatoms. The topological polar surface area (TPSA) is 52.9 Å². The molecule has 3 nitrogen and oxygen atoms in total. The molecule has 20 heavy (non-hydrogen) atoms. The van der Waals surface area contributed by atoms with Crippen LogP contribution in [0, 0.1) is 22.6 Å². The molecule has 1 aromatic rings. The fraction of sp³-hybridized carbons (Fsp3) is 0.500. The van der Waals surface area contributed by atoms with Gasteiger partial charge in [-0.25, -0.2) is 4.39 Å². The summed E-state index contributed by atoms with van der Waals surface area (Å²) in [6.07, 6.45) is 5.16. The fourth-order valence-corrected chi connectivity index (χ4v) is 2.71. The van der Waals surface area contributed by atoms with Gasteiger partial charge in [0.1, 0.15) is 11.2 Å². The van der Waals surface area contributed by atoms with Gasteiger partial charge in [0.25, 0.3) is 0 Å². The Morgan fingerprint density at radius 3 is 2.50 bits per heavy atom. The Kier molecular flexibility index (Phi) is 4.73. The van der Waals surface area contributed by atoms with Gasteiger partial charge in [-0.2, -0.15) is 5.26 Å². The van der Waals surface area contributed by atoms with Crippen molar-refractivity contribution in [1.82, 2.24) is 5.32 Å². The van der Waals surface area contributed by atoms with E-state index in [1.807, 2.05) is 0 Å². The number of nitriles is 1. The predicted molar refractivity (Wildman–Crippen MR) is 74.0 cm³/mol. The smallest absolute Gasteiger partial charge is 0.240 e. The van der Waals surface area contributed by atoms with Crippen molar-refractivity contribution in [3.63, 3.8) is 0 Å². The van der Waals surface area contributed by atoms with E-state index in [1.165, 1.54) is 6.07 Å². The van der Waals surface area contributed by atoms with Gasteiger partial charge in [0, 0.05) is 12.1 Å². The molecule has 0 radical (unpaired) electrons. The Labute approximate surface area is 118 Å². The van der Waals surface area contributed by atoms with Gasteiger partial charge in [0.05, 0.1) is 6.07 Å². The second kappa shape index (κ2) is 6.51. The maximum absolute atomic E-state index is 13.5. The zero-order valence-electron chi connectivity index (χ0n) is 11.5. The maximum atomic E-state index is 13.5. The van der Waals surface area contributed by atoms with Crippen LogP contribution in [-0.4, -0.2) is 5.91 Å². The van der Waals surface area contributed by atoms with Gasteiger partial charge in [-0.1, -0.05) is 43.9 Å². The number of hydrogen-bond donors (Lipinski definition) is 1. The molecule has 0 heterocycles. The zero-order chi connectivity index (χ0) is 14.4. The minimum absolute atomic E-state index is 0.134. The lowest BCUT2D eigenvalue weighted by molar-refractivity contribution is -0.129. The molecule has 0 unspecified atom stereocenters. The van der Waals surface area contributed by atoms with Gasteiger partial charge < -0.3 is 5.32 Å². The highest BCUT2D eigenvalue weighted by Gasteiger charge is 2.38. The highest BCUT2D eigenvalue weighted by molar-refractivity contribution is 5.85. The van der Waals surface area contributed by atoms with E-state index in [0.29, 0.717) is 18.4 Å². The molecule has 0 atom stereocenters. The Hall–Kier alpha value is -1.89. The van der Waals surface area contributed by atoms with Crippen LogP contribution in [0.3, 0.4) is 0 Å². The molecule has 0 aliphatic heterocycles. The molecule has 2 rings (SSSR count). The molecule has 0 bridgehead atoms. The molecule has 1 aliphatic rings. The fourth-order valence-electron chi connectivity index (χ4n) is 2.71. The van der Waals surface area contributed by atoms with E-state index in [0.717, 1.165) is 25.7 Å². The zero-order valence-corrected chi connectivity index (χ0v) is 11.5. The Morgan fingerprint density at radius 1 is 1.25 bits per heavy atom. The number of carbonyl (C=O) groups excluding carboxylic acids is 1. The number of carbonyl (C=O) groups is 1. The van der Waals surface area contributed by atoms with E-state index in [4.69, 9.17) is 0 Å². The van der Waals surface area contributed by atoms with Crippen LogP contribution in [0.2, 0.25) is 0 Å². The van der Waals surface area contributed by atoms with Crippen LogP contribution < -0.4 is 5.32 Å². The molecule has 1 N–H and O–H groups in total. The van der Waals surface area contributed by atoms with Crippen molar-refractivity contribution in [3.8, 4) is 6.07 Å². The van der Waals surface area contributed by atoms with Crippen LogP contribution >= 0.6 is 0 Å². The van der Waals surface area contributed by atoms with E-state index in [-0.39, 0.29) is 18.3 Å². The van der Waals surface area contributed by atoms with Crippen molar-refractivity contribution in [3.05, 3.63) is 35.6 Å². The van der Waals surface area contributed by atoms with Gasteiger partial charge in [-0.05, 0) is 18.9 Å². The Morgan fingerprint density at radius 2 is 1.90 bits per heavy atom. The summed E-state index contributed by atoms with van der Waals surface area (Å²) in [5, 5.41) is 12.1. The number of rotatable bonds is 3. The molecular weight excluding hydrogens is 255 g/mol. The van der Waals surface area contributed by atoms with E-state index in [1.54, 1.807) is 18.2 Å². The minimum Gasteiger partial charge on any atom is -0.351 e. The first-order chi connectivity index (χ1) is 9.68. The van der Waals surface area contributed by atoms with Crippen molar-refractivity contribution in [1.29, 1.82) is 5.26 Å². The summed E-state index contributed by atoms with van der Waals surface area (Å²) >= 11 is 0. The maximum Gasteiger partial charge on any atom is 0.240 e. The largest absolute Gasteiger partial charge is 0.351 e. The molecule has 106 valence electrons. The number of benzene rings is 1. The average molecular weight is 274 g/mol. The lowest BCUT2D eigenvalue weighted by Crippen LogP contribution is -2.39. The molecule has 0 spiro atoms. The van der Waals surface area contributed by atoms with Crippen LogP contribution in [0.4, 0.5) is 4.39 Å². The summed E-state index contributed by atoms with van der Waals surface area (Å²) in [5.74, 6) is -0.593. The Balaban J connectivity index is 2.03. The summed E-state index contributed by atoms with van der Waals surface area (Å²) in [6, 6.07) is 8.56. The monoisotopic (exact) mass is 274 g/mol. The molecule has 0 aromatic heterocycles. The normalized spacial score (nSPS) is 17.8. The van der Waals surface area contributed by atoms with Crippen LogP contribution in [-0.2, 0) is 11.3 Å². The standard InChI is InChI=1S/C16H19FN2O/c17-14-8-4-3-7-13(14)11-19-15(20)16(12-18)9-5-1-2-6-10-16/h3-4,7-8H,1-2,5-6,9-11H2,(H,19,20). The molecule has 1 saturated carbocycles. The number of nitrogens with one attached hydrogen (secondary N) is 1. The van der Waals surface area contributed by atoms with Crippen molar-refractivity contribution in [2.45, 2.75) is 45.1 Å². The number of amides is 1. The van der Waals surface area contributed by atoms with Crippen molar-refractivity contribution in [2.75, 3.05) is 0 Å². The summed E-state index contributed by atoms with van der Waals surface area (Å²) in [7, 11) is 0. The second-order valence-corrected chi connectivity index (χ2v) is 5.38. The average Bonchev–Trinajstić information content (AvgIpc) is 2.72. The number of hydrogen-bond acceptors (Lipinski definition) is 2. The van der Waals surface area contributed by atoms with E-state index >= 15 is 0 Å². The van der Waals surface area contributed by atoms with E-state index < -0.39 is 5.41 Å². The minimum atomic E-state index is -0.929. The first-order valence-corrected chi connectivity index (χ1v) is 7.11. The molecular formula is C16H19FN2O. The van der Waals surface area contributed by atoms with E-state index in [9.17, 15) is 14.4 Å². The van der Waals surface area contributed by atoms with Gasteiger partial charge in [-0.15, -0.1) is 0 Å². The molecule has 1 aliphatic carbocycles. The molecule has 1 fully saturated rings. The number of halogens is 1. The summed E-state index contributed by atoms with van der Waals surface area (Å²) in [6.45, 7) is 0.134. The van der Waals surface area contributed by atoms with Gasteiger partial charge in [0.15, 0.2) is 0 Å². The molecule has 1 amide bonds. The summed E-state index contributed by atoms with van der Waals surface area (Å²) in [5.41, 5.74) is -0.482. The third-order valence-corrected chi connectivity index (χ3v) is 4.00. The van der Waals surface area contributed by atoms with Crippen molar-refractivity contribution >= 4 is 5.91 Å². The molecule has 0 saturated heterocycles. The van der Waals surface area contributed by atoms with Gasteiger partial charge in [-0.3, -0.25) is 4.79 Å².